The number of rotatable bonds is 2. The molecule has 0 aliphatic heterocycles. The molecule has 0 radical (unpaired) electrons. The van der Waals surface area contributed by atoms with Crippen LogP contribution in [-0.2, 0) is 0 Å². The summed E-state index contributed by atoms with van der Waals surface area (Å²) < 4.78 is 40.1. The minimum absolute atomic E-state index is 0.285. The van der Waals surface area contributed by atoms with Gasteiger partial charge in [0.1, 0.15) is 0 Å². The molecular formula is C7H5F3O2S. The zero-order chi connectivity index (χ0) is 10.1. The van der Waals surface area contributed by atoms with Gasteiger partial charge in [-0.1, -0.05) is 11.8 Å². The van der Waals surface area contributed by atoms with E-state index in [-0.39, 0.29) is 5.09 Å². The van der Waals surface area contributed by atoms with E-state index >= 15 is 0 Å². The normalized spacial score (nSPS) is 11.7. The van der Waals surface area contributed by atoms with Gasteiger partial charge in [-0.25, -0.2) is 0 Å². The first-order valence-electron chi connectivity index (χ1n) is 3.20. The molecule has 1 heterocycles. The number of carbonyl (C=O) groups is 1. The molecule has 0 saturated heterocycles. The van der Waals surface area contributed by atoms with Gasteiger partial charge < -0.3 is 4.42 Å². The second-order valence-corrected chi connectivity index (χ2v) is 2.96. The maximum absolute atomic E-state index is 11.8. The van der Waals surface area contributed by atoms with E-state index in [0.29, 0.717) is 0 Å². The summed E-state index contributed by atoms with van der Waals surface area (Å²) in [5.41, 5.74) is 0. The lowest BCUT2D eigenvalue weighted by Crippen LogP contribution is -2.21. The molecule has 0 aliphatic rings. The number of carbonyl (C=O) groups excluding carboxylic acids is 1. The quantitative estimate of drug-likeness (QED) is 0.555. The van der Waals surface area contributed by atoms with Crippen LogP contribution in [0.5, 0.6) is 0 Å². The van der Waals surface area contributed by atoms with Crippen molar-refractivity contribution < 1.29 is 22.4 Å². The van der Waals surface area contributed by atoms with Gasteiger partial charge >= 0.3 is 12.0 Å². The van der Waals surface area contributed by atoms with E-state index in [1.54, 1.807) is 6.26 Å². The lowest BCUT2D eigenvalue weighted by atomic mass is 10.3. The maximum atomic E-state index is 11.8. The molecule has 0 amide bonds. The van der Waals surface area contributed by atoms with E-state index in [4.69, 9.17) is 0 Å². The predicted molar refractivity (Wildman–Crippen MR) is 40.9 cm³/mol. The third-order valence-corrected chi connectivity index (χ3v) is 1.89. The highest BCUT2D eigenvalue weighted by molar-refractivity contribution is 7.98. The van der Waals surface area contributed by atoms with Crippen molar-refractivity contribution in [2.45, 2.75) is 11.3 Å². The Balaban J connectivity index is 2.90. The summed E-state index contributed by atoms with van der Waals surface area (Å²) in [5, 5.41) is 0.285. The van der Waals surface area contributed by atoms with Crippen molar-refractivity contribution in [3.63, 3.8) is 0 Å². The van der Waals surface area contributed by atoms with Gasteiger partial charge in [-0.3, -0.25) is 4.79 Å². The first-order valence-corrected chi connectivity index (χ1v) is 4.43. The Bertz CT molecular complexity index is 316. The number of alkyl halides is 3. The van der Waals surface area contributed by atoms with Gasteiger partial charge in [0.2, 0.25) is 0 Å². The summed E-state index contributed by atoms with van der Waals surface area (Å²) in [6.45, 7) is 0. The van der Waals surface area contributed by atoms with Gasteiger partial charge in [-0.05, 0) is 18.4 Å². The van der Waals surface area contributed by atoms with Gasteiger partial charge in [-0.2, -0.15) is 13.2 Å². The van der Waals surface area contributed by atoms with Gasteiger partial charge in [0, 0.05) is 0 Å². The summed E-state index contributed by atoms with van der Waals surface area (Å²) in [6.07, 6.45) is -3.23. The van der Waals surface area contributed by atoms with Crippen LogP contribution in [0.3, 0.4) is 0 Å². The van der Waals surface area contributed by atoms with Crippen LogP contribution in [0.1, 0.15) is 10.6 Å². The highest BCUT2D eigenvalue weighted by Crippen LogP contribution is 2.25. The molecule has 1 rings (SSSR count). The number of thioether (sulfide) groups is 1. The Hall–Kier alpha value is -0.910. The zero-order valence-electron chi connectivity index (χ0n) is 6.51. The van der Waals surface area contributed by atoms with Crippen molar-refractivity contribution in [3.8, 4) is 0 Å². The number of hydrogen-bond donors (Lipinski definition) is 0. The third kappa shape index (κ3) is 2.27. The average molecular weight is 210 g/mol. The Morgan fingerprint density at radius 2 is 2.08 bits per heavy atom. The summed E-state index contributed by atoms with van der Waals surface area (Å²) in [7, 11) is 0. The van der Waals surface area contributed by atoms with Crippen molar-refractivity contribution in [1.29, 1.82) is 0 Å². The van der Waals surface area contributed by atoms with Crippen LogP contribution < -0.4 is 0 Å². The lowest BCUT2D eigenvalue weighted by molar-refractivity contribution is -0.0901. The molecule has 0 aliphatic carbocycles. The molecule has 1 aromatic heterocycles. The van der Waals surface area contributed by atoms with Crippen LogP contribution in [0.15, 0.2) is 21.6 Å². The van der Waals surface area contributed by atoms with Gasteiger partial charge in [0.05, 0.1) is 0 Å². The van der Waals surface area contributed by atoms with E-state index in [2.05, 4.69) is 4.42 Å². The molecule has 13 heavy (non-hydrogen) atoms. The van der Waals surface area contributed by atoms with Crippen LogP contribution in [0.4, 0.5) is 13.2 Å². The predicted octanol–water partition coefficient (Wildman–Crippen LogP) is 2.75. The first-order chi connectivity index (χ1) is 5.95. The Morgan fingerprint density at radius 3 is 2.46 bits per heavy atom. The number of ketones is 1. The molecule has 2 nitrogen and oxygen atoms in total. The third-order valence-electron chi connectivity index (χ3n) is 1.26. The van der Waals surface area contributed by atoms with Gasteiger partial charge in [0.15, 0.2) is 10.9 Å². The van der Waals surface area contributed by atoms with E-state index in [0.717, 1.165) is 17.8 Å². The monoisotopic (exact) mass is 210 g/mol. The van der Waals surface area contributed by atoms with E-state index in [1.165, 1.54) is 6.07 Å². The molecule has 0 spiro atoms. The number of halogens is 3. The fourth-order valence-electron chi connectivity index (χ4n) is 0.692. The molecule has 0 aromatic carbocycles. The summed E-state index contributed by atoms with van der Waals surface area (Å²) >= 11 is 1.13. The van der Waals surface area contributed by atoms with Crippen molar-refractivity contribution in [2.75, 3.05) is 6.26 Å². The van der Waals surface area contributed by atoms with Crippen LogP contribution in [0.25, 0.3) is 0 Å². The zero-order valence-corrected chi connectivity index (χ0v) is 7.33. The first kappa shape index (κ1) is 10.2. The summed E-state index contributed by atoms with van der Waals surface area (Å²) in [5.74, 6) is -2.62. The molecule has 0 N–H and O–H groups in total. The van der Waals surface area contributed by atoms with Crippen molar-refractivity contribution in [1.82, 2.24) is 0 Å². The van der Waals surface area contributed by atoms with E-state index in [1.807, 2.05) is 0 Å². The summed E-state index contributed by atoms with van der Waals surface area (Å²) in [4.78, 5) is 10.6. The van der Waals surface area contributed by atoms with Crippen molar-refractivity contribution >= 4 is 17.5 Å². The van der Waals surface area contributed by atoms with Crippen molar-refractivity contribution in [3.05, 3.63) is 17.9 Å². The van der Waals surface area contributed by atoms with Gasteiger partial charge in [0.25, 0.3) is 0 Å². The number of hydrogen-bond acceptors (Lipinski definition) is 3. The molecular weight excluding hydrogens is 205 g/mol. The molecule has 0 fully saturated rings. The van der Waals surface area contributed by atoms with E-state index in [9.17, 15) is 18.0 Å². The maximum Gasteiger partial charge on any atom is 0.458 e. The minimum atomic E-state index is -4.87. The molecule has 6 heteroatoms. The van der Waals surface area contributed by atoms with E-state index < -0.39 is 17.7 Å². The Kier molecular flexibility index (Phi) is 2.70. The Morgan fingerprint density at radius 1 is 1.46 bits per heavy atom. The average Bonchev–Trinajstić information content (AvgIpc) is 2.48. The minimum Gasteiger partial charge on any atom is -0.446 e. The second kappa shape index (κ2) is 3.45. The standard InChI is InChI=1S/C7H5F3O2S/c1-13-5-3-2-4(12-5)6(11)7(8,9)10/h2-3H,1H3. The second-order valence-electron chi connectivity index (χ2n) is 2.15. The number of Topliss-reactive ketones (excluding diaryl/α,β-unsaturated/α-hetero) is 1. The van der Waals surface area contributed by atoms with Crippen LogP contribution in [0.2, 0.25) is 0 Å². The molecule has 1 aromatic rings. The number of furan rings is 1. The highest BCUT2D eigenvalue weighted by Gasteiger charge is 2.41. The molecule has 0 bridgehead atoms. The lowest BCUT2D eigenvalue weighted by Gasteiger charge is -2.00. The highest BCUT2D eigenvalue weighted by atomic mass is 32.2. The molecule has 0 unspecified atom stereocenters. The largest absolute Gasteiger partial charge is 0.458 e. The van der Waals surface area contributed by atoms with Crippen LogP contribution in [-0.4, -0.2) is 18.2 Å². The van der Waals surface area contributed by atoms with Crippen LogP contribution >= 0.6 is 11.8 Å². The molecule has 0 atom stereocenters. The fraction of sp³-hybridized carbons (Fsp3) is 0.286. The molecule has 72 valence electrons. The summed E-state index contributed by atoms with van der Waals surface area (Å²) in [6, 6.07) is 2.34. The van der Waals surface area contributed by atoms with Crippen LogP contribution in [0, 0.1) is 0 Å². The van der Waals surface area contributed by atoms with Gasteiger partial charge in [-0.15, -0.1) is 0 Å². The fourth-order valence-corrected chi connectivity index (χ4v) is 1.07. The topological polar surface area (TPSA) is 30.2 Å². The smallest absolute Gasteiger partial charge is 0.446 e. The SMILES string of the molecule is CSc1ccc(C(=O)C(F)(F)F)o1. The Labute approximate surface area is 76.1 Å². The van der Waals surface area contributed by atoms with Crippen molar-refractivity contribution in [2.24, 2.45) is 0 Å². The molecule has 0 saturated carbocycles.